The van der Waals surface area contributed by atoms with Gasteiger partial charge in [0.05, 0.1) is 22.9 Å². The smallest absolute Gasteiger partial charge is 0.251 e. The third-order valence-electron chi connectivity index (χ3n) is 4.11. The zero-order chi connectivity index (χ0) is 19.2. The van der Waals surface area contributed by atoms with E-state index in [4.69, 9.17) is 5.26 Å². The number of hydrogen-bond acceptors (Lipinski definition) is 4. The molecule has 1 aromatic heterocycles. The molecule has 1 amide bonds. The minimum Gasteiger partial charge on any atom is -0.390 e. The second kappa shape index (κ2) is 8.59. The minimum atomic E-state index is -0.678. The first-order valence-corrected chi connectivity index (χ1v) is 8.78. The standard InChI is InChI=1S/C21H25N3O2/c1-15(6-5-10-21(2,3)26)24-20(25)18-8-4-7-17(13-18)19-12-16(14-22)9-11-23-19/h4,7-9,11-13,15,26H,5-6,10H2,1-3H3,(H,24,25)/t15-/m1/s1. The average Bonchev–Trinajstić information content (AvgIpc) is 2.60. The summed E-state index contributed by atoms with van der Waals surface area (Å²) in [5.74, 6) is -0.140. The molecule has 5 heteroatoms. The molecule has 1 atom stereocenters. The van der Waals surface area contributed by atoms with E-state index in [1.165, 1.54) is 0 Å². The fourth-order valence-corrected chi connectivity index (χ4v) is 2.70. The highest BCUT2D eigenvalue weighted by atomic mass is 16.3. The number of nitrogens with one attached hydrogen (secondary N) is 1. The Balaban J connectivity index is 2.02. The van der Waals surface area contributed by atoms with Crippen molar-refractivity contribution in [1.82, 2.24) is 10.3 Å². The zero-order valence-corrected chi connectivity index (χ0v) is 15.5. The van der Waals surface area contributed by atoms with Gasteiger partial charge >= 0.3 is 0 Å². The van der Waals surface area contributed by atoms with Crippen molar-refractivity contribution >= 4 is 5.91 Å². The Bertz CT molecular complexity index is 803. The van der Waals surface area contributed by atoms with E-state index in [0.717, 1.165) is 18.4 Å². The molecule has 2 rings (SSSR count). The second-order valence-corrected chi connectivity index (χ2v) is 7.20. The van der Waals surface area contributed by atoms with E-state index in [1.54, 1.807) is 44.3 Å². The summed E-state index contributed by atoms with van der Waals surface area (Å²) >= 11 is 0. The molecule has 0 saturated heterocycles. The number of pyridine rings is 1. The highest BCUT2D eigenvalue weighted by Crippen LogP contribution is 2.19. The average molecular weight is 351 g/mol. The molecule has 0 spiro atoms. The Labute approximate surface area is 154 Å². The van der Waals surface area contributed by atoms with Crippen molar-refractivity contribution in [1.29, 1.82) is 5.26 Å². The van der Waals surface area contributed by atoms with Gasteiger partial charge in [0.2, 0.25) is 0 Å². The summed E-state index contributed by atoms with van der Waals surface area (Å²) in [6.07, 6.45) is 3.94. The molecule has 0 unspecified atom stereocenters. The summed E-state index contributed by atoms with van der Waals surface area (Å²) < 4.78 is 0. The predicted molar refractivity (Wildman–Crippen MR) is 101 cm³/mol. The molecule has 5 nitrogen and oxygen atoms in total. The number of nitriles is 1. The number of benzene rings is 1. The van der Waals surface area contributed by atoms with E-state index < -0.39 is 5.60 Å². The Morgan fingerprint density at radius 1 is 1.35 bits per heavy atom. The van der Waals surface area contributed by atoms with E-state index in [0.29, 0.717) is 23.2 Å². The van der Waals surface area contributed by atoms with Gasteiger partial charge in [0.1, 0.15) is 0 Å². The highest BCUT2D eigenvalue weighted by molar-refractivity contribution is 5.95. The number of rotatable bonds is 7. The van der Waals surface area contributed by atoms with Gasteiger partial charge in [-0.1, -0.05) is 12.1 Å². The van der Waals surface area contributed by atoms with Crippen molar-refractivity contribution < 1.29 is 9.90 Å². The Hall–Kier alpha value is -2.71. The zero-order valence-electron chi connectivity index (χ0n) is 15.5. The summed E-state index contributed by atoms with van der Waals surface area (Å²) in [5, 5.41) is 21.8. The van der Waals surface area contributed by atoms with Gasteiger partial charge in [-0.2, -0.15) is 5.26 Å². The van der Waals surface area contributed by atoms with Gasteiger partial charge in [0.25, 0.3) is 5.91 Å². The quantitative estimate of drug-likeness (QED) is 0.797. The number of aliphatic hydroxyl groups is 1. The summed E-state index contributed by atoms with van der Waals surface area (Å²) in [5.41, 5.74) is 1.87. The fraction of sp³-hybridized carbons (Fsp3) is 0.381. The maximum Gasteiger partial charge on any atom is 0.251 e. The van der Waals surface area contributed by atoms with Crippen LogP contribution in [0.4, 0.5) is 0 Å². The van der Waals surface area contributed by atoms with Crippen LogP contribution in [0.1, 0.15) is 56.0 Å². The van der Waals surface area contributed by atoms with Gasteiger partial charge in [-0.15, -0.1) is 0 Å². The lowest BCUT2D eigenvalue weighted by Crippen LogP contribution is -2.33. The van der Waals surface area contributed by atoms with E-state index in [-0.39, 0.29) is 11.9 Å². The van der Waals surface area contributed by atoms with Crippen LogP contribution in [-0.2, 0) is 0 Å². The minimum absolute atomic E-state index is 0.0218. The number of carbonyl (C=O) groups is 1. The van der Waals surface area contributed by atoms with Crippen LogP contribution < -0.4 is 5.32 Å². The van der Waals surface area contributed by atoms with Crippen molar-refractivity contribution in [3.05, 3.63) is 53.7 Å². The second-order valence-electron chi connectivity index (χ2n) is 7.20. The van der Waals surface area contributed by atoms with Crippen LogP contribution in [0, 0.1) is 11.3 Å². The molecule has 2 N–H and O–H groups in total. The van der Waals surface area contributed by atoms with Crippen LogP contribution in [0.15, 0.2) is 42.6 Å². The van der Waals surface area contributed by atoms with Crippen LogP contribution in [0.3, 0.4) is 0 Å². The van der Waals surface area contributed by atoms with E-state index in [2.05, 4.69) is 16.4 Å². The third kappa shape index (κ3) is 5.98. The Kier molecular flexibility index (Phi) is 6.48. The van der Waals surface area contributed by atoms with Crippen LogP contribution in [0.5, 0.6) is 0 Å². The Morgan fingerprint density at radius 2 is 2.12 bits per heavy atom. The van der Waals surface area contributed by atoms with Gasteiger partial charge in [-0.25, -0.2) is 0 Å². The molecule has 1 heterocycles. The number of carbonyl (C=O) groups excluding carboxylic acids is 1. The molecule has 0 aliphatic rings. The lowest BCUT2D eigenvalue weighted by molar-refractivity contribution is 0.0674. The summed E-state index contributed by atoms with van der Waals surface area (Å²) in [7, 11) is 0. The first-order valence-electron chi connectivity index (χ1n) is 8.78. The lowest BCUT2D eigenvalue weighted by Gasteiger charge is -2.19. The van der Waals surface area contributed by atoms with Crippen molar-refractivity contribution in [3.8, 4) is 17.3 Å². The van der Waals surface area contributed by atoms with Crippen LogP contribution in [0.25, 0.3) is 11.3 Å². The number of aromatic nitrogens is 1. The topological polar surface area (TPSA) is 86.0 Å². The first kappa shape index (κ1) is 19.6. The molecule has 0 aliphatic carbocycles. The highest BCUT2D eigenvalue weighted by Gasteiger charge is 2.15. The number of hydrogen-bond donors (Lipinski definition) is 2. The van der Waals surface area contributed by atoms with Gasteiger partial charge in [-0.3, -0.25) is 9.78 Å². The molecule has 0 fully saturated rings. The van der Waals surface area contributed by atoms with E-state index in [1.807, 2.05) is 19.1 Å². The van der Waals surface area contributed by atoms with Gasteiger partial charge in [-0.05, 0) is 64.3 Å². The maximum absolute atomic E-state index is 12.5. The summed E-state index contributed by atoms with van der Waals surface area (Å²) in [4.78, 5) is 16.8. The molecule has 0 aliphatic heterocycles. The molecular weight excluding hydrogens is 326 g/mol. The first-order chi connectivity index (χ1) is 12.3. The van der Waals surface area contributed by atoms with Crippen molar-refractivity contribution in [2.75, 3.05) is 0 Å². The lowest BCUT2D eigenvalue weighted by atomic mass is 9.99. The van der Waals surface area contributed by atoms with Crippen molar-refractivity contribution in [3.63, 3.8) is 0 Å². The van der Waals surface area contributed by atoms with Gasteiger partial charge in [0, 0.05) is 23.4 Å². The van der Waals surface area contributed by atoms with Gasteiger partial charge in [0.15, 0.2) is 0 Å². The molecule has 26 heavy (non-hydrogen) atoms. The van der Waals surface area contributed by atoms with Gasteiger partial charge < -0.3 is 10.4 Å². The molecule has 136 valence electrons. The van der Waals surface area contributed by atoms with Crippen molar-refractivity contribution in [2.24, 2.45) is 0 Å². The molecular formula is C21H25N3O2. The molecule has 0 radical (unpaired) electrons. The summed E-state index contributed by atoms with van der Waals surface area (Å²) in [6.45, 7) is 5.54. The van der Waals surface area contributed by atoms with Crippen LogP contribution in [-0.4, -0.2) is 27.6 Å². The van der Waals surface area contributed by atoms with E-state index >= 15 is 0 Å². The molecule has 1 aromatic carbocycles. The fourth-order valence-electron chi connectivity index (χ4n) is 2.70. The molecule has 0 saturated carbocycles. The monoisotopic (exact) mass is 351 g/mol. The largest absolute Gasteiger partial charge is 0.390 e. The SMILES string of the molecule is C[C@H](CCCC(C)(C)O)NC(=O)c1cccc(-c2cc(C#N)ccn2)c1. The van der Waals surface area contributed by atoms with Crippen LogP contribution in [0.2, 0.25) is 0 Å². The molecule has 0 bridgehead atoms. The van der Waals surface area contributed by atoms with E-state index in [9.17, 15) is 9.90 Å². The normalized spacial score (nSPS) is 12.3. The molecule has 2 aromatic rings. The van der Waals surface area contributed by atoms with Crippen molar-refractivity contribution in [2.45, 2.75) is 51.7 Å². The Morgan fingerprint density at radius 3 is 2.81 bits per heavy atom. The summed E-state index contributed by atoms with van der Waals surface area (Å²) in [6, 6.07) is 12.7. The predicted octanol–water partition coefficient (Wildman–Crippen LogP) is 3.68. The number of amides is 1. The third-order valence-corrected chi connectivity index (χ3v) is 4.11. The maximum atomic E-state index is 12.5. The van der Waals surface area contributed by atoms with Crippen LogP contribution >= 0.6 is 0 Å². The number of nitrogens with zero attached hydrogens (tertiary/aromatic N) is 2.